The third-order valence-electron chi connectivity index (χ3n) is 5.34. The number of methoxy groups -OCH3 is 1. The first-order valence-corrected chi connectivity index (χ1v) is 10.4. The lowest BCUT2D eigenvalue weighted by Gasteiger charge is -2.25. The Morgan fingerprint density at radius 1 is 1.42 bits per heavy atom. The van der Waals surface area contributed by atoms with Crippen LogP contribution in [-0.4, -0.2) is 63.6 Å². The van der Waals surface area contributed by atoms with Gasteiger partial charge in [0.2, 0.25) is 0 Å². The zero-order valence-corrected chi connectivity index (χ0v) is 17.0. The number of hydrogen-bond donors (Lipinski definition) is 1. The normalized spacial score (nSPS) is 24.3. The second kappa shape index (κ2) is 9.00. The minimum absolute atomic E-state index is 0.364. The van der Waals surface area contributed by atoms with E-state index < -0.39 is 0 Å². The maximum atomic E-state index is 5.64. The van der Waals surface area contributed by atoms with Crippen LogP contribution in [0.1, 0.15) is 19.8 Å². The monoisotopic (exact) mass is 377 g/mol. The molecule has 6 heteroatoms. The van der Waals surface area contributed by atoms with Gasteiger partial charge < -0.3 is 19.7 Å². The molecule has 0 aliphatic carbocycles. The summed E-state index contributed by atoms with van der Waals surface area (Å²) in [5, 5.41) is 3.57. The Morgan fingerprint density at radius 3 is 3.00 bits per heavy atom. The summed E-state index contributed by atoms with van der Waals surface area (Å²) in [7, 11) is 3.61. The molecule has 2 atom stereocenters. The topological polar surface area (TPSA) is 46.1 Å². The Morgan fingerprint density at radius 2 is 2.27 bits per heavy atom. The first kappa shape index (κ1) is 19.4. The van der Waals surface area contributed by atoms with Crippen LogP contribution in [-0.2, 0) is 4.74 Å². The van der Waals surface area contributed by atoms with Gasteiger partial charge in [0.25, 0.3) is 0 Å². The molecule has 1 spiro atoms. The molecule has 26 heavy (non-hydrogen) atoms. The van der Waals surface area contributed by atoms with Gasteiger partial charge in [0, 0.05) is 49.4 Å². The van der Waals surface area contributed by atoms with Gasteiger partial charge in [0.05, 0.1) is 13.7 Å². The molecule has 2 fully saturated rings. The lowest BCUT2D eigenvalue weighted by molar-refractivity contribution is 0.156. The minimum atomic E-state index is 0.364. The van der Waals surface area contributed by atoms with E-state index in [2.05, 4.69) is 34.3 Å². The average Bonchev–Trinajstić information content (AvgIpc) is 3.31. The van der Waals surface area contributed by atoms with Gasteiger partial charge in [-0.2, -0.15) is 0 Å². The van der Waals surface area contributed by atoms with Gasteiger partial charge >= 0.3 is 0 Å². The highest BCUT2D eigenvalue weighted by Gasteiger charge is 2.42. The molecule has 2 saturated heterocycles. The average molecular weight is 378 g/mol. The van der Waals surface area contributed by atoms with Gasteiger partial charge in [0.1, 0.15) is 5.75 Å². The van der Waals surface area contributed by atoms with Gasteiger partial charge in [-0.15, -0.1) is 11.8 Å². The van der Waals surface area contributed by atoms with Crippen molar-refractivity contribution in [3.8, 4) is 5.75 Å². The number of likely N-dealkylation sites (tertiary alicyclic amines) is 1. The van der Waals surface area contributed by atoms with Crippen molar-refractivity contribution in [3.63, 3.8) is 0 Å². The number of guanidine groups is 1. The molecule has 1 aromatic carbocycles. The zero-order chi connectivity index (χ0) is 18.4. The van der Waals surface area contributed by atoms with E-state index in [4.69, 9.17) is 9.47 Å². The van der Waals surface area contributed by atoms with Gasteiger partial charge in [-0.1, -0.05) is 19.1 Å². The zero-order valence-electron chi connectivity index (χ0n) is 16.2. The molecule has 144 valence electrons. The van der Waals surface area contributed by atoms with Crippen LogP contribution in [0.2, 0.25) is 0 Å². The van der Waals surface area contributed by atoms with Gasteiger partial charge in [0.15, 0.2) is 5.96 Å². The fourth-order valence-electron chi connectivity index (χ4n) is 3.71. The number of nitrogens with zero attached hydrogens (tertiary/aromatic N) is 2. The molecule has 2 aliphatic heterocycles. The van der Waals surface area contributed by atoms with Crippen molar-refractivity contribution >= 4 is 17.7 Å². The maximum Gasteiger partial charge on any atom is 0.193 e. The smallest absolute Gasteiger partial charge is 0.193 e. The highest BCUT2D eigenvalue weighted by Crippen LogP contribution is 2.38. The number of ether oxygens (including phenoxy) is 2. The number of benzene rings is 1. The Balaban J connectivity index is 1.45. The summed E-state index contributed by atoms with van der Waals surface area (Å²) in [4.78, 5) is 8.11. The summed E-state index contributed by atoms with van der Waals surface area (Å²) in [6, 6.07) is 8.21. The molecule has 2 unspecified atom stereocenters. The van der Waals surface area contributed by atoms with Crippen LogP contribution >= 0.6 is 11.8 Å². The van der Waals surface area contributed by atoms with E-state index in [9.17, 15) is 0 Å². The number of hydrogen-bond acceptors (Lipinski definition) is 4. The molecule has 2 heterocycles. The Labute approximate surface area is 161 Å². The Kier molecular flexibility index (Phi) is 6.70. The minimum Gasteiger partial charge on any atom is -0.496 e. The molecule has 1 aromatic rings. The van der Waals surface area contributed by atoms with Crippen LogP contribution in [0.25, 0.3) is 0 Å². The molecule has 2 aliphatic rings. The third-order valence-corrected chi connectivity index (χ3v) is 6.72. The van der Waals surface area contributed by atoms with Crippen molar-refractivity contribution in [1.82, 2.24) is 10.2 Å². The molecular weight excluding hydrogens is 346 g/mol. The van der Waals surface area contributed by atoms with Crippen LogP contribution in [0.4, 0.5) is 0 Å². The standard InChI is InChI=1S/C20H31N3O2S/c1-16(13-26-18-7-5-4-6-17(18)24-3)12-22-19(21-2)23-10-8-20(14-23)9-11-25-15-20/h4-7,16H,8-15H2,1-3H3,(H,21,22). The van der Waals surface area contributed by atoms with E-state index in [1.807, 2.05) is 30.9 Å². The summed E-state index contributed by atoms with van der Waals surface area (Å²) < 4.78 is 11.1. The molecule has 5 nitrogen and oxygen atoms in total. The van der Waals surface area contributed by atoms with Crippen LogP contribution in [0.3, 0.4) is 0 Å². The SMILES string of the molecule is CN=C(NCC(C)CSc1ccccc1OC)N1CCC2(CCOC2)C1. The molecule has 3 rings (SSSR count). The van der Waals surface area contributed by atoms with Crippen LogP contribution in [0, 0.1) is 11.3 Å². The van der Waals surface area contributed by atoms with Crippen molar-refractivity contribution in [2.24, 2.45) is 16.3 Å². The molecule has 0 saturated carbocycles. The first-order valence-electron chi connectivity index (χ1n) is 9.45. The van der Waals surface area contributed by atoms with E-state index in [-0.39, 0.29) is 0 Å². The quantitative estimate of drug-likeness (QED) is 0.469. The highest BCUT2D eigenvalue weighted by atomic mass is 32.2. The highest BCUT2D eigenvalue weighted by molar-refractivity contribution is 7.99. The van der Waals surface area contributed by atoms with Gasteiger partial charge in [-0.3, -0.25) is 4.99 Å². The second-order valence-electron chi connectivity index (χ2n) is 7.47. The molecule has 0 amide bonds. The number of nitrogens with one attached hydrogen (secondary N) is 1. The van der Waals surface area contributed by atoms with Gasteiger partial charge in [-0.05, 0) is 30.9 Å². The lowest BCUT2D eigenvalue weighted by Crippen LogP contribution is -2.43. The lowest BCUT2D eigenvalue weighted by atomic mass is 9.87. The van der Waals surface area contributed by atoms with E-state index in [1.54, 1.807) is 7.11 Å². The first-order chi connectivity index (χ1) is 12.7. The predicted molar refractivity (Wildman–Crippen MR) is 108 cm³/mol. The molecule has 1 N–H and O–H groups in total. The summed E-state index contributed by atoms with van der Waals surface area (Å²) in [6.07, 6.45) is 2.40. The third kappa shape index (κ3) is 4.65. The van der Waals surface area contributed by atoms with Crippen LogP contribution in [0.5, 0.6) is 5.75 Å². The molecular formula is C20H31N3O2S. The summed E-state index contributed by atoms with van der Waals surface area (Å²) >= 11 is 1.85. The van der Waals surface area contributed by atoms with Crippen molar-refractivity contribution in [1.29, 1.82) is 0 Å². The maximum absolute atomic E-state index is 5.64. The van der Waals surface area contributed by atoms with Crippen molar-refractivity contribution in [2.75, 3.05) is 52.8 Å². The number of aliphatic imine (C=N–C) groups is 1. The largest absolute Gasteiger partial charge is 0.496 e. The number of thioether (sulfide) groups is 1. The Hall–Kier alpha value is -1.40. The second-order valence-corrected chi connectivity index (χ2v) is 8.53. The van der Waals surface area contributed by atoms with E-state index in [0.29, 0.717) is 11.3 Å². The van der Waals surface area contributed by atoms with Gasteiger partial charge in [-0.25, -0.2) is 0 Å². The number of rotatable bonds is 6. The fraction of sp³-hybridized carbons (Fsp3) is 0.650. The summed E-state index contributed by atoms with van der Waals surface area (Å²) in [5.41, 5.74) is 0.364. The van der Waals surface area contributed by atoms with Crippen LogP contribution < -0.4 is 10.1 Å². The number of para-hydroxylation sites is 1. The van der Waals surface area contributed by atoms with E-state index in [0.717, 1.165) is 50.3 Å². The van der Waals surface area contributed by atoms with Crippen molar-refractivity contribution in [2.45, 2.75) is 24.7 Å². The van der Waals surface area contributed by atoms with Crippen molar-refractivity contribution in [3.05, 3.63) is 24.3 Å². The molecule has 0 aromatic heterocycles. The van der Waals surface area contributed by atoms with E-state index in [1.165, 1.54) is 17.7 Å². The Bertz CT molecular complexity index is 617. The fourth-order valence-corrected chi connectivity index (χ4v) is 4.76. The summed E-state index contributed by atoms with van der Waals surface area (Å²) in [5.74, 6) is 3.56. The molecule has 0 bridgehead atoms. The van der Waals surface area contributed by atoms with Crippen LogP contribution in [0.15, 0.2) is 34.2 Å². The van der Waals surface area contributed by atoms with Crippen molar-refractivity contribution < 1.29 is 9.47 Å². The summed E-state index contributed by atoms with van der Waals surface area (Å²) in [6.45, 7) is 7.17. The predicted octanol–water partition coefficient (Wildman–Crippen LogP) is 3.11. The molecule has 0 radical (unpaired) electrons. The van der Waals surface area contributed by atoms with E-state index >= 15 is 0 Å².